The van der Waals surface area contributed by atoms with Crippen LogP contribution < -0.4 is 15.4 Å². The van der Waals surface area contributed by atoms with Crippen molar-refractivity contribution < 1.29 is 14.6 Å². The highest BCUT2D eigenvalue weighted by atomic mass is 35.5. The Balaban J connectivity index is 0.00000289. The standard InChI is InChI=1S/C21H28ClN5O3S.CH4/c1-12-20(31-15-4-7-24-19(29-3)16(15)22)26-14(10-28)18(25-12)27-8-5-21(6-9-27)11-30-13(2)17(21)23;/h4,7,13,17,28H,5-6,8-11,23H2,1-3H3;1H4/t13-,17+;/m0./s1. The van der Waals surface area contributed by atoms with Gasteiger partial charge in [0.25, 0.3) is 0 Å². The van der Waals surface area contributed by atoms with Crippen molar-refractivity contribution in [1.29, 1.82) is 0 Å². The molecule has 0 aromatic carbocycles. The number of hydrogen-bond acceptors (Lipinski definition) is 9. The molecule has 2 fully saturated rings. The molecule has 0 unspecified atom stereocenters. The predicted molar refractivity (Wildman–Crippen MR) is 127 cm³/mol. The lowest BCUT2D eigenvalue weighted by molar-refractivity contribution is 0.0973. The lowest BCUT2D eigenvalue weighted by Gasteiger charge is -2.42. The highest BCUT2D eigenvalue weighted by molar-refractivity contribution is 7.99. The van der Waals surface area contributed by atoms with Crippen LogP contribution in [-0.4, -0.2) is 59.0 Å². The first-order chi connectivity index (χ1) is 14.9. The minimum absolute atomic E-state index is 0. The molecule has 0 saturated carbocycles. The van der Waals surface area contributed by atoms with Gasteiger partial charge in [-0.05, 0) is 32.8 Å². The number of nitrogens with zero attached hydrogens (tertiary/aromatic N) is 4. The summed E-state index contributed by atoms with van der Waals surface area (Å²) in [5.41, 5.74) is 7.81. The smallest absolute Gasteiger partial charge is 0.233 e. The zero-order chi connectivity index (χ0) is 22.2. The van der Waals surface area contributed by atoms with E-state index in [1.165, 1.54) is 18.9 Å². The van der Waals surface area contributed by atoms with Gasteiger partial charge in [0.15, 0.2) is 5.82 Å². The molecule has 10 heteroatoms. The monoisotopic (exact) mass is 481 g/mol. The SMILES string of the molecule is C.COc1nccc(Sc2nc(CO)c(N3CCC4(CC3)CO[C@@H](C)[C@H]4N)nc2C)c1Cl. The second-order valence-electron chi connectivity index (χ2n) is 8.17. The van der Waals surface area contributed by atoms with Gasteiger partial charge in [0.05, 0.1) is 32.1 Å². The number of aliphatic hydroxyl groups excluding tert-OH is 1. The van der Waals surface area contributed by atoms with Crippen LogP contribution in [0.4, 0.5) is 5.82 Å². The molecular formula is C22H32ClN5O3S. The summed E-state index contributed by atoms with van der Waals surface area (Å²) in [5, 5.41) is 11.1. The summed E-state index contributed by atoms with van der Waals surface area (Å²) in [6, 6.07) is 1.86. The van der Waals surface area contributed by atoms with Gasteiger partial charge in [-0.3, -0.25) is 0 Å². The molecule has 2 aliphatic heterocycles. The highest BCUT2D eigenvalue weighted by Crippen LogP contribution is 2.43. The average molecular weight is 482 g/mol. The number of halogens is 1. The summed E-state index contributed by atoms with van der Waals surface area (Å²) in [7, 11) is 1.53. The van der Waals surface area contributed by atoms with Crippen LogP contribution in [0.3, 0.4) is 0 Å². The molecule has 4 rings (SSSR count). The number of piperidine rings is 1. The molecule has 2 saturated heterocycles. The number of aromatic nitrogens is 3. The molecule has 176 valence electrons. The maximum absolute atomic E-state index is 10.0. The Morgan fingerprint density at radius 2 is 2.09 bits per heavy atom. The Bertz CT molecular complexity index is 955. The molecule has 0 bridgehead atoms. The van der Waals surface area contributed by atoms with Crippen molar-refractivity contribution in [1.82, 2.24) is 15.0 Å². The maximum Gasteiger partial charge on any atom is 0.233 e. The molecule has 4 heterocycles. The van der Waals surface area contributed by atoms with Crippen LogP contribution >= 0.6 is 23.4 Å². The van der Waals surface area contributed by atoms with Crippen LogP contribution in [0.25, 0.3) is 0 Å². The molecule has 32 heavy (non-hydrogen) atoms. The van der Waals surface area contributed by atoms with Crippen molar-refractivity contribution in [2.24, 2.45) is 11.1 Å². The third kappa shape index (κ3) is 4.54. The fraction of sp³-hybridized carbons (Fsp3) is 0.591. The van der Waals surface area contributed by atoms with E-state index >= 15 is 0 Å². The van der Waals surface area contributed by atoms with Gasteiger partial charge in [-0.25, -0.2) is 15.0 Å². The third-order valence-electron chi connectivity index (χ3n) is 6.35. The molecule has 0 aliphatic carbocycles. The molecule has 2 aromatic heterocycles. The van der Waals surface area contributed by atoms with Gasteiger partial charge in [-0.2, -0.15) is 0 Å². The number of aliphatic hydroxyl groups is 1. The van der Waals surface area contributed by atoms with E-state index in [1.807, 2.05) is 13.8 Å². The molecule has 2 atom stereocenters. The zero-order valence-electron chi connectivity index (χ0n) is 18.0. The van der Waals surface area contributed by atoms with Crippen molar-refractivity contribution >= 4 is 29.2 Å². The van der Waals surface area contributed by atoms with E-state index in [9.17, 15) is 5.11 Å². The van der Waals surface area contributed by atoms with E-state index in [2.05, 4.69) is 9.88 Å². The first kappa shape index (κ1) is 25.0. The lowest BCUT2D eigenvalue weighted by atomic mass is 9.73. The normalized spacial score (nSPS) is 22.1. The topological polar surface area (TPSA) is 107 Å². The Hall–Kier alpha value is -1.65. The molecular weight excluding hydrogens is 450 g/mol. The van der Waals surface area contributed by atoms with Gasteiger partial charge in [0, 0.05) is 35.6 Å². The zero-order valence-corrected chi connectivity index (χ0v) is 19.5. The lowest BCUT2D eigenvalue weighted by Crippen LogP contribution is -2.51. The Morgan fingerprint density at radius 3 is 2.69 bits per heavy atom. The van der Waals surface area contributed by atoms with E-state index in [1.54, 1.807) is 12.3 Å². The van der Waals surface area contributed by atoms with E-state index in [0.29, 0.717) is 28.2 Å². The second kappa shape index (κ2) is 10.1. The van der Waals surface area contributed by atoms with Crippen LogP contribution in [0.1, 0.15) is 38.6 Å². The molecule has 8 nitrogen and oxygen atoms in total. The van der Waals surface area contributed by atoms with E-state index in [0.717, 1.165) is 42.3 Å². The molecule has 1 spiro atoms. The quantitative estimate of drug-likeness (QED) is 0.663. The number of hydrogen-bond donors (Lipinski definition) is 2. The van der Waals surface area contributed by atoms with Crippen LogP contribution in [0, 0.1) is 12.3 Å². The van der Waals surface area contributed by atoms with Gasteiger partial charge in [-0.15, -0.1) is 0 Å². The summed E-state index contributed by atoms with van der Waals surface area (Å²) in [4.78, 5) is 16.6. The summed E-state index contributed by atoms with van der Waals surface area (Å²) < 4.78 is 11.0. The van der Waals surface area contributed by atoms with Crippen molar-refractivity contribution in [2.45, 2.75) is 62.8 Å². The minimum atomic E-state index is -0.190. The van der Waals surface area contributed by atoms with Crippen molar-refractivity contribution in [2.75, 3.05) is 31.7 Å². The molecule has 3 N–H and O–H groups in total. The number of ether oxygens (including phenoxy) is 2. The van der Waals surface area contributed by atoms with E-state index in [-0.39, 0.29) is 31.6 Å². The van der Waals surface area contributed by atoms with Gasteiger partial charge in [0.2, 0.25) is 5.88 Å². The molecule has 2 aliphatic rings. The van der Waals surface area contributed by atoms with Gasteiger partial charge in [-0.1, -0.05) is 30.8 Å². The number of rotatable bonds is 5. The van der Waals surface area contributed by atoms with Gasteiger partial charge >= 0.3 is 0 Å². The first-order valence-corrected chi connectivity index (χ1v) is 11.5. The average Bonchev–Trinajstić information content (AvgIpc) is 3.05. The summed E-state index contributed by atoms with van der Waals surface area (Å²) in [6.45, 7) is 6.11. The number of aryl methyl sites for hydroxylation is 1. The Kier molecular flexibility index (Phi) is 7.88. The van der Waals surface area contributed by atoms with Crippen LogP contribution in [-0.2, 0) is 11.3 Å². The van der Waals surface area contributed by atoms with Crippen LogP contribution in [0.2, 0.25) is 5.02 Å². The maximum atomic E-state index is 10.0. The summed E-state index contributed by atoms with van der Waals surface area (Å²) in [5.74, 6) is 1.10. The Labute approximate surface area is 198 Å². The first-order valence-electron chi connectivity index (χ1n) is 10.4. The fourth-order valence-corrected chi connectivity index (χ4v) is 5.52. The molecule has 0 radical (unpaired) electrons. The molecule has 0 amide bonds. The van der Waals surface area contributed by atoms with Crippen LogP contribution in [0.5, 0.6) is 5.88 Å². The van der Waals surface area contributed by atoms with E-state index < -0.39 is 0 Å². The highest BCUT2D eigenvalue weighted by Gasteiger charge is 2.47. The van der Waals surface area contributed by atoms with Crippen molar-refractivity contribution in [3.05, 3.63) is 28.7 Å². The summed E-state index contributed by atoms with van der Waals surface area (Å²) in [6.07, 6.45) is 3.61. The van der Waals surface area contributed by atoms with Crippen LogP contribution in [0.15, 0.2) is 22.2 Å². The Morgan fingerprint density at radius 1 is 1.38 bits per heavy atom. The van der Waals surface area contributed by atoms with Gasteiger partial charge in [0.1, 0.15) is 15.7 Å². The van der Waals surface area contributed by atoms with Gasteiger partial charge < -0.3 is 25.2 Å². The van der Waals surface area contributed by atoms with Crippen molar-refractivity contribution in [3.63, 3.8) is 0 Å². The van der Waals surface area contributed by atoms with E-state index in [4.69, 9.17) is 36.8 Å². The third-order valence-corrected chi connectivity index (χ3v) is 7.97. The minimum Gasteiger partial charge on any atom is -0.480 e. The fourth-order valence-electron chi connectivity index (χ4n) is 4.35. The van der Waals surface area contributed by atoms with Crippen molar-refractivity contribution in [3.8, 4) is 5.88 Å². The number of nitrogens with two attached hydrogens (primary N) is 1. The number of methoxy groups -OCH3 is 1. The second-order valence-corrected chi connectivity index (χ2v) is 9.58. The summed E-state index contributed by atoms with van der Waals surface area (Å²) >= 11 is 7.77. The number of anilines is 1. The molecule has 2 aromatic rings. The number of pyridine rings is 1. The largest absolute Gasteiger partial charge is 0.480 e. The predicted octanol–water partition coefficient (Wildman–Crippen LogP) is 3.45.